The molecule has 0 N–H and O–H groups in total. The first kappa shape index (κ1) is 11.2. The monoisotopic (exact) mass is 284 g/mol. The van der Waals surface area contributed by atoms with Crippen LogP contribution in [0.3, 0.4) is 0 Å². The lowest BCUT2D eigenvalue weighted by Gasteiger charge is -2.11. The van der Waals surface area contributed by atoms with E-state index in [0.29, 0.717) is 0 Å². The van der Waals surface area contributed by atoms with E-state index in [-0.39, 0.29) is 0 Å². The summed E-state index contributed by atoms with van der Waals surface area (Å²) in [5.74, 6) is 2.52. The van der Waals surface area contributed by atoms with Gasteiger partial charge in [0.05, 0.1) is 4.88 Å². The SMILES string of the molecule is Cc1ccc(-c2sc(C)c3c2SCCS3)s1. The molecule has 3 rings (SSSR count). The summed E-state index contributed by atoms with van der Waals surface area (Å²) in [6.07, 6.45) is 0. The van der Waals surface area contributed by atoms with E-state index in [1.807, 2.05) is 46.2 Å². The second-order valence-corrected chi connectivity index (χ2v) is 8.48. The van der Waals surface area contributed by atoms with Crippen LogP contribution in [0, 0.1) is 13.8 Å². The summed E-state index contributed by atoms with van der Waals surface area (Å²) in [5.41, 5.74) is 0. The van der Waals surface area contributed by atoms with E-state index < -0.39 is 0 Å². The van der Waals surface area contributed by atoms with Crippen LogP contribution in [-0.4, -0.2) is 11.5 Å². The third-order valence-electron chi connectivity index (χ3n) is 2.53. The summed E-state index contributed by atoms with van der Waals surface area (Å²) in [7, 11) is 0. The average molecular weight is 284 g/mol. The van der Waals surface area contributed by atoms with E-state index in [2.05, 4.69) is 26.0 Å². The highest BCUT2D eigenvalue weighted by molar-refractivity contribution is 8.06. The summed E-state index contributed by atoms with van der Waals surface area (Å²) >= 11 is 7.95. The fourth-order valence-corrected chi connectivity index (χ4v) is 6.93. The molecule has 0 bridgehead atoms. The van der Waals surface area contributed by atoms with Gasteiger partial charge >= 0.3 is 0 Å². The Kier molecular flexibility index (Phi) is 3.09. The Morgan fingerprint density at radius 3 is 2.38 bits per heavy atom. The van der Waals surface area contributed by atoms with Gasteiger partial charge in [-0.3, -0.25) is 0 Å². The normalized spacial score (nSPS) is 15.1. The second-order valence-electron chi connectivity index (χ2n) is 3.75. The molecule has 0 saturated carbocycles. The summed E-state index contributed by atoms with van der Waals surface area (Å²) in [6, 6.07) is 4.49. The lowest BCUT2D eigenvalue weighted by Crippen LogP contribution is -1.92. The van der Waals surface area contributed by atoms with Crippen LogP contribution in [0.1, 0.15) is 9.75 Å². The van der Waals surface area contributed by atoms with Crippen LogP contribution in [0.15, 0.2) is 21.9 Å². The lowest BCUT2D eigenvalue weighted by atomic mass is 10.3. The van der Waals surface area contributed by atoms with Gasteiger partial charge in [0.25, 0.3) is 0 Å². The molecule has 0 atom stereocenters. The molecule has 0 aliphatic carbocycles. The van der Waals surface area contributed by atoms with E-state index >= 15 is 0 Å². The molecule has 0 aromatic carbocycles. The molecular weight excluding hydrogens is 272 g/mol. The Hall–Kier alpha value is 0.1000. The minimum Gasteiger partial charge on any atom is -0.140 e. The number of rotatable bonds is 1. The van der Waals surface area contributed by atoms with Crippen molar-refractivity contribution >= 4 is 46.2 Å². The molecule has 3 heterocycles. The maximum absolute atomic E-state index is 2.27. The van der Waals surface area contributed by atoms with Gasteiger partial charge in [-0.1, -0.05) is 0 Å². The first-order valence-corrected chi connectivity index (χ1v) is 8.82. The van der Waals surface area contributed by atoms with Crippen molar-refractivity contribution in [3.05, 3.63) is 21.9 Å². The quantitative estimate of drug-likeness (QED) is 0.697. The standard InChI is InChI=1S/C12H12S4/c1-7-3-4-9(15-7)11-12-10(8(2)16-11)13-5-6-14-12/h3-4H,5-6H2,1-2H3. The van der Waals surface area contributed by atoms with Gasteiger partial charge in [-0.15, -0.1) is 46.2 Å². The average Bonchev–Trinajstić information content (AvgIpc) is 2.84. The molecule has 0 saturated heterocycles. The van der Waals surface area contributed by atoms with Gasteiger partial charge < -0.3 is 0 Å². The van der Waals surface area contributed by atoms with Crippen LogP contribution in [0.4, 0.5) is 0 Å². The van der Waals surface area contributed by atoms with Crippen LogP contribution in [-0.2, 0) is 0 Å². The highest BCUT2D eigenvalue weighted by atomic mass is 32.2. The van der Waals surface area contributed by atoms with Gasteiger partial charge in [0.15, 0.2) is 0 Å². The summed E-state index contributed by atoms with van der Waals surface area (Å²) in [5, 5.41) is 0. The van der Waals surface area contributed by atoms with Gasteiger partial charge in [-0.2, -0.15) is 0 Å². The molecule has 0 unspecified atom stereocenters. The highest BCUT2D eigenvalue weighted by Gasteiger charge is 2.21. The van der Waals surface area contributed by atoms with E-state index in [0.717, 1.165) is 0 Å². The highest BCUT2D eigenvalue weighted by Crippen LogP contribution is 2.50. The number of hydrogen-bond donors (Lipinski definition) is 0. The van der Waals surface area contributed by atoms with Crippen LogP contribution >= 0.6 is 46.2 Å². The Bertz CT molecular complexity index is 521. The number of aryl methyl sites for hydroxylation is 2. The van der Waals surface area contributed by atoms with Crippen molar-refractivity contribution in [2.75, 3.05) is 11.5 Å². The molecule has 0 radical (unpaired) electrons. The van der Waals surface area contributed by atoms with E-state index in [9.17, 15) is 0 Å². The zero-order chi connectivity index (χ0) is 11.1. The Morgan fingerprint density at radius 2 is 1.69 bits per heavy atom. The van der Waals surface area contributed by atoms with Crippen molar-refractivity contribution < 1.29 is 0 Å². The molecule has 1 aliphatic rings. The molecule has 2 aromatic rings. The van der Waals surface area contributed by atoms with Gasteiger partial charge in [0, 0.05) is 35.9 Å². The van der Waals surface area contributed by atoms with E-state index in [1.54, 1.807) is 9.79 Å². The Labute approximate surface area is 112 Å². The first-order valence-electron chi connectivity index (χ1n) is 5.21. The van der Waals surface area contributed by atoms with E-state index in [1.165, 1.54) is 31.0 Å². The molecule has 0 nitrogen and oxygen atoms in total. The van der Waals surface area contributed by atoms with Gasteiger partial charge in [0.2, 0.25) is 0 Å². The Morgan fingerprint density at radius 1 is 0.938 bits per heavy atom. The van der Waals surface area contributed by atoms with Crippen molar-refractivity contribution in [1.29, 1.82) is 0 Å². The van der Waals surface area contributed by atoms with Gasteiger partial charge in [-0.25, -0.2) is 0 Å². The maximum Gasteiger partial charge on any atom is 0.0593 e. The predicted molar refractivity (Wildman–Crippen MR) is 78.6 cm³/mol. The van der Waals surface area contributed by atoms with Gasteiger partial charge in [0.1, 0.15) is 0 Å². The lowest BCUT2D eigenvalue weighted by molar-refractivity contribution is 1.24. The largest absolute Gasteiger partial charge is 0.140 e. The van der Waals surface area contributed by atoms with Crippen molar-refractivity contribution in [3.63, 3.8) is 0 Å². The van der Waals surface area contributed by atoms with Crippen molar-refractivity contribution in [2.45, 2.75) is 23.6 Å². The smallest absolute Gasteiger partial charge is 0.0593 e. The number of thiophene rings is 2. The summed E-state index contributed by atoms with van der Waals surface area (Å²) in [4.78, 5) is 8.93. The van der Waals surface area contributed by atoms with Crippen molar-refractivity contribution in [2.24, 2.45) is 0 Å². The molecule has 0 fully saturated rings. The summed E-state index contributed by atoms with van der Waals surface area (Å²) in [6.45, 7) is 4.44. The van der Waals surface area contributed by atoms with Crippen LogP contribution < -0.4 is 0 Å². The van der Waals surface area contributed by atoms with Crippen LogP contribution in [0.25, 0.3) is 9.75 Å². The fraction of sp³-hybridized carbons (Fsp3) is 0.333. The van der Waals surface area contributed by atoms with Crippen molar-refractivity contribution in [3.8, 4) is 9.75 Å². The topological polar surface area (TPSA) is 0 Å². The Balaban J connectivity index is 2.14. The predicted octanol–water partition coefficient (Wildman–Crippen LogP) is 5.29. The molecular formula is C12H12S4. The second kappa shape index (κ2) is 4.41. The molecule has 84 valence electrons. The van der Waals surface area contributed by atoms with Crippen LogP contribution in [0.5, 0.6) is 0 Å². The van der Waals surface area contributed by atoms with Gasteiger partial charge in [-0.05, 0) is 26.0 Å². The van der Waals surface area contributed by atoms with Crippen molar-refractivity contribution in [1.82, 2.24) is 0 Å². The minimum absolute atomic E-state index is 1.26. The zero-order valence-electron chi connectivity index (χ0n) is 9.20. The van der Waals surface area contributed by atoms with Crippen LogP contribution in [0.2, 0.25) is 0 Å². The fourth-order valence-electron chi connectivity index (χ4n) is 1.81. The molecule has 1 aliphatic heterocycles. The third-order valence-corrected chi connectivity index (χ3v) is 7.77. The molecule has 2 aromatic heterocycles. The van der Waals surface area contributed by atoms with E-state index in [4.69, 9.17) is 0 Å². The molecule has 0 spiro atoms. The maximum atomic E-state index is 2.27. The number of hydrogen-bond acceptors (Lipinski definition) is 4. The summed E-state index contributed by atoms with van der Waals surface area (Å²) < 4.78 is 0. The first-order chi connectivity index (χ1) is 7.75. The number of fused-ring (bicyclic) bond motifs is 1. The number of thioether (sulfide) groups is 2. The minimum atomic E-state index is 1.26. The zero-order valence-corrected chi connectivity index (χ0v) is 12.5. The molecule has 4 heteroatoms. The molecule has 16 heavy (non-hydrogen) atoms. The molecule has 0 amide bonds. The third kappa shape index (κ3) is 1.86.